The fourth-order valence-corrected chi connectivity index (χ4v) is 5.42. The van der Waals surface area contributed by atoms with Crippen molar-refractivity contribution in [3.63, 3.8) is 0 Å². The van der Waals surface area contributed by atoms with Crippen LogP contribution in [0.4, 0.5) is 8.78 Å². The Kier molecular flexibility index (Phi) is 5.02. The van der Waals surface area contributed by atoms with Gasteiger partial charge in [-0.1, -0.05) is 0 Å². The molecule has 0 radical (unpaired) electrons. The lowest BCUT2D eigenvalue weighted by atomic mass is 10.2. The standard InChI is InChI=1S/C13H17BrF2N2O2S/c1-17(2)8-10-4-3-5-18(10)21(19,20)13-11(14)6-9(15)7-12(13)16/h6-7,10H,3-5,8H2,1-2H3. The van der Waals surface area contributed by atoms with Crippen molar-refractivity contribution in [2.24, 2.45) is 0 Å². The lowest BCUT2D eigenvalue weighted by molar-refractivity contribution is 0.290. The SMILES string of the molecule is CN(C)CC1CCCN1S(=O)(=O)c1c(F)cc(F)cc1Br. The summed E-state index contributed by atoms with van der Waals surface area (Å²) in [6, 6.07) is 1.36. The molecule has 4 nitrogen and oxygen atoms in total. The van der Waals surface area contributed by atoms with Gasteiger partial charge in [-0.25, -0.2) is 17.2 Å². The molecular formula is C13H17BrF2N2O2S. The summed E-state index contributed by atoms with van der Waals surface area (Å²) < 4.78 is 53.7. The monoisotopic (exact) mass is 382 g/mol. The summed E-state index contributed by atoms with van der Waals surface area (Å²) in [7, 11) is -0.276. The molecule has 8 heteroatoms. The van der Waals surface area contributed by atoms with Gasteiger partial charge in [0.2, 0.25) is 10.0 Å². The lowest BCUT2D eigenvalue weighted by Gasteiger charge is -2.27. The smallest absolute Gasteiger partial charge is 0.247 e. The number of benzene rings is 1. The van der Waals surface area contributed by atoms with Gasteiger partial charge in [-0.15, -0.1) is 0 Å². The quantitative estimate of drug-likeness (QED) is 0.802. The van der Waals surface area contributed by atoms with Crippen molar-refractivity contribution in [2.75, 3.05) is 27.2 Å². The number of nitrogens with zero attached hydrogens (tertiary/aromatic N) is 2. The fraction of sp³-hybridized carbons (Fsp3) is 0.538. The largest absolute Gasteiger partial charge is 0.308 e. The zero-order valence-electron chi connectivity index (χ0n) is 11.8. The van der Waals surface area contributed by atoms with E-state index in [0.29, 0.717) is 19.2 Å². The number of hydrogen-bond acceptors (Lipinski definition) is 3. The molecule has 0 aromatic heterocycles. The second-order valence-corrected chi connectivity index (χ2v) is 8.05. The third kappa shape index (κ3) is 3.44. The Morgan fingerprint density at radius 2 is 2.05 bits per heavy atom. The molecule has 21 heavy (non-hydrogen) atoms. The average Bonchev–Trinajstić information content (AvgIpc) is 2.74. The molecule has 0 bridgehead atoms. The van der Waals surface area contributed by atoms with Gasteiger partial charge >= 0.3 is 0 Å². The average molecular weight is 383 g/mol. The first kappa shape index (κ1) is 16.8. The summed E-state index contributed by atoms with van der Waals surface area (Å²) in [5, 5.41) is 0. The van der Waals surface area contributed by atoms with Crippen LogP contribution in [0.1, 0.15) is 12.8 Å². The fourth-order valence-electron chi connectivity index (χ4n) is 2.62. The molecule has 0 spiro atoms. The van der Waals surface area contributed by atoms with Gasteiger partial charge in [0, 0.05) is 29.7 Å². The summed E-state index contributed by atoms with van der Waals surface area (Å²) in [6.45, 7) is 0.920. The Hall–Kier alpha value is -0.570. The topological polar surface area (TPSA) is 40.6 Å². The van der Waals surface area contributed by atoms with Gasteiger partial charge in [0.15, 0.2) is 0 Å². The molecule has 0 saturated carbocycles. The van der Waals surface area contributed by atoms with E-state index in [0.717, 1.165) is 18.9 Å². The highest BCUT2D eigenvalue weighted by Gasteiger charge is 2.38. The van der Waals surface area contributed by atoms with Crippen LogP contribution in [0.3, 0.4) is 0 Å². The predicted molar refractivity (Wildman–Crippen MR) is 79.5 cm³/mol. The zero-order chi connectivity index (χ0) is 15.8. The Bertz CT molecular complexity index is 614. The molecule has 1 aliphatic rings. The van der Waals surface area contributed by atoms with E-state index in [4.69, 9.17) is 0 Å². The minimum absolute atomic E-state index is 0.0875. The van der Waals surface area contributed by atoms with E-state index in [-0.39, 0.29) is 10.5 Å². The van der Waals surface area contributed by atoms with Crippen LogP contribution in [0.2, 0.25) is 0 Å². The minimum atomic E-state index is -3.99. The molecule has 1 saturated heterocycles. The molecule has 1 aliphatic heterocycles. The highest BCUT2D eigenvalue weighted by Crippen LogP contribution is 2.32. The predicted octanol–water partition coefficient (Wildman–Crippen LogP) is 2.44. The number of halogens is 3. The lowest BCUT2D eigenvalue weighted by Crippen LogP contribution is -2.41. The molecule has 118 valence electrons. The molecule has 0 N–H and O–H groups in total. The van der Waals surface area contributed by atoms with Crippen molar-refractivity contribution in [1.29, 1.82) is 0 Å². The first-order valence-electron chi connectivity index (χ1n) is 6.54. The number of hydrogen-bond donors (Lipinski definition) is 0. The summed E-state index contributed by atoms with van der Waals surface area (Å²) in [5.74, 6) is -1.89. The molecule has 2 rings (SSSR count). The van der Waals surface area contributed by atoms with E-state index in [1.54, 1.807) is 0 Å². The maximum absolute atomic E-state index is 14.0. The molecule has 0 aliphatic carbocycles. The van der Waals surface area contributed by atoms with Crippen LogP contribution in [0, 0.1) is 11.6 Å². The van der Waals surface area contributed by atoms with Gasteiger partial charge in [-0.2, -0.15) is 4.31 Å². The molecule has 1 unspecified atom stereocenters. The van der Waals surface area contributed by atoms with Crippen LogP contribution in [0.25, 0.3) is 0 Å². The Morgan fingerprint density at radius 3 is 2.62 bits per heavy atom. The van der Waals surface area contributed by atoms with Crippen molar-refractivity contribution in [3.05, 3.63) is 28.2 Å². The third-order valence-corrected chi connectivity index (χ3v) is 6.35. The van der Waals surface area contributed by atoms with Crippen LogP contribution < -0.4 is 0 Å². The summed E-state index contributed by atoms with van der Waals surface area (Å²) in [6.07, 6.45) is 1.47. The van der Waals surface area contributed by atoms with Crippen molar-refractivity contribution in [2.45, 2.75) is 23.8 Å². The van der Waals surface area contributed by atoms with Gasteiger partial charge in [0.05, 0.1) is 0 Å². The molecule has 1 aromatic carbocycles. The van der Waals surface area contributed by atoms with Crippen molar-refractivity contribution < 1.29 is 17.2 Å². The normalized spacial score (nSPS) is 20.4. The molecule has 1 aromatic rings. The van der Waals surface area contributed by atoms with E-state index >= 15 is 0 Å². The maximum Gasteiger partial charge on any atom is 0.247 e. The highest BCUT2D eigenvalue weighted by atomic mass is 79.9. The number of likely N-dealkylation sites (N-methyl/N-ethyl adjacent to an activating group) is 1. The van der Waals surface area contributed by atoms with Crippen molar-refractivity contribution >= 4 is 26.0 Å². The summed E-state index contributed by atoms with van der Waals surface area (Å²) in [5.41, 5.74) is 0. The second kappa shape index (κ2) is 6.28. The molecule has 0 amide bonds. The van der Waals surface area contributed by atoms with Gasteiger partial charge in [-0.3, -0.25) is 0 Å². The van der Waals surface area contributed by atoms with Crippen LogP contribution >= 0.6 is 15.9 Å². The van der Waals surface area contributed by atoms with Crippen LogP contribution in [0.5, 0.6) is 0 Å². The zero-order valence-corrected chi connectivity index (χ0v) is 14.2. The van der Waals surface area contributed by atoms with Crippen molar-refractivity contribution in [1.82, 2.24) is 9.21 Å². The molecular weight excluding hydrogens is 366 g/mol. The van der Waals surface area contributed by atoms with E-state index in [1.807, 2.05) is 19.0 Å². The van der Waals surface area contributed by atoms with E-state index in [2.05, 4.69) is 15.9 Å². The highest BCUT2D eigenvalue weighted by molar-refractivity contribution is 9.10. The Balaban J connectivity index is 2.43. The summed E-state index contributed by atoms with van der Waals surface area (Å²) >= 11 is 2.96. The van der Waals surface area contributed by atoms with Gasteiger partial charge in [0.1, 0.15) is 16.5 Å². The Morgan fingerprint density at radius 1 is 1.38 bits per heavy atom. The molecule has 1 fully saturated rings. The van der Waals surface area contributed by atoms with E-state index in [9.17, 15) is 17.2 Å². The van der Waals surface area contributed by atoms with Gasteiger partial charge < -0.3 is 4.90 Å². The Labute approximate surface area is 131 Å². The van der Waals surface area contributed by atoms with Crippen LogP contribution in [-0.2, 0) is 10.0 Å². The van der Waals surface area contributed by atoms with Crippen LogP contribution in [-0.4, -0.2) is 50.8 Å². The van der Waals surface area contributed by atoms with Crippen LogP contribution in [0.15, 0.2) is 21.5 Å². The molecule has 1 atom stereocenters. The van der Waals surface area contributed by atoms with Gasteiger partial charge in [-0.05, 0) is 48.9 Å². The first-order chi connectivity index (χ1) is 9.73. The number of sulfonamides is 1. The second-order valence-electron chi connectivity index (χ2n) is 5.37. The molecule has 1 heterocycles. The summed E-state index contributed by atoms with van der Waals surface area (Å²) in [4.78, 5) is 1.41. The maximum atomic E-state index is 14.0. The minimum Gasteiger partial charge on any atom is -0.308 e. The third-order valence-electron chi connectivity index (χ3n) is 3.43. The van der Waals surface area contributed by atoms with Crippen molar-refractivity contribution in [3.8, 4) is 0 Å². The van der Waals surface area contributed by atoms with E-state index < -0.39 is 26.6 Å². The first-order valence-corrected chi connectivity index (χ1v) is 8.78. The van der Waals surface area contributed by atoms with E-state index in [1.165, 1.54) is 4.31 Å². The van der Waals surface area contributed by atoms with Gasteiger partial charge in [0.25, 0.3) is 0 Å². The number of rotatable bonds is 4.